The topological polar surface area (TPSA) is 110 Å². The Bertz CT molecular complexity index is 1100. The number of nitro benzene ring substituents is 1. The highest BCUT2D eigenvalue weighted by atomic mass is 35.5. The molecular formula is C20H22ClN3O5S. The van der Waals surface area contributed by atoms with E-state index in [1.165, 1.54) is 34.6 Å². The van der Waals surface area contributed by atoms with Crippen molar-refractivity contribution in [3.05, 3.63) is 62.7 Å². The number of rotatable bonds is 5. The maximum atomic E-state index is 13.1. The Morgan fingerprint density at radius 3 is 2.67 bits per heavy atom. The van der Waals surface area contributed by atoms with Crippen LogP contribution in [-0.4, -0.2) is 36.6 Å². The molecule has 1 aliphatic heterocycles. The predicted octanol–water partition coefficient (Wildman–Crippen LogP) is 4.23. The van der Waals surface area contributed by atoms with E-state index >= 15 is 0 Å². The highest BCUT2D eigenvalue weighted by Gasteiger charge is 2.31. The number of nitrogens with zero attached hydrogens (tertiary/aromatic N) is 2. The number of aryl methyl sites for hydroxylation is 1. The van der Waals surface area contributed by atoms with Crippen molar-refractivity contribution in [2.24, 2.45) is 5.92 Å². The number of sulfonamides is 1. The maximum Gasteiger partial charge on any atom is 0.274 e. The number of carbonyl (C=O) groups is 1. The molecule has 1 heterocycles. The summed E-state index contributed by atoms with van der Waals surface area (Å²) in [5.74, 6) is -0.343. The van der Waals surface area contributed by atoms with Crippen LogP contribution in [0.2, 0.25) is 5.02 Å². The summed E-state index contributed by atoms with van der Waals surface area (Å²) in [6, 6.07) is 8.36. The van der Waals surface area contributed by atoms with Gasteiger partial charge in [0.2, 0.25) is 10.0 Å². The average molecular weight is 452 g/mol. The molecular weight excluding hydrogens is 430 g/mol. The summed E-state index contributed by atoms with van der Waals surface area (Å²) in [5.41, 5.74) is 0.674. The van der Waals surface area contributed by atoms with Gasteiger partial charge in [0.05, 0.1) is 9.95 Å². The molecule has 1 amide bonds. The summed E-state index contributed by atoms with van der Waals surface area (Å²) in [5, 5.41) is 13.7. The molecule has 2 aromatic carbocycles. The molecule has 1 saturated heterocycles. The molecule has 160 valence electrons. The lowest BCUT2D eigenvalue weighted by atomic mass is 10.0. The molecule has 0 aliphatic carbocycles. The molecule has 1 atom stereocenters. The van der Waals surface area contributed by atoms with E-state index in [0.717, 1.165) is 12.8 Å². The van der Waals surface area contributed by atoms with Gasteiger partial charge in [-0.3, -0.25) is 14.9 Å². The minimum Gasteiger partial charge on any atom is -0.322 e. The second-order valence-electron chi connectivity index (χ2n) is 7.47. The zero-order chi connectivity index (χ0) is 22.1. The molecule has 1 N–H and O–H groups in total. The van der Waals surface area contributed by atoms with Crippen molar-refractivity contribution in [3.8, 4) is 0 Å². The van der Waals surface area contributed by atoms with Crippen molar-refractivity contribution in [2.45, 2.75) is 31.6 Å². The second-order valence-corrected chi connectivity index (χ2v) is 9.78. The van der Waals surface area contributed by atoms with Crippen LogP contribution in [0, 0.1) is 23.0 Å². The third-order valence-electron chi connectivity index (χ3n) is 5.09. The molecule has 3 rings (SSSR count). The molecule has 1 unspecified atom stereocenters. The molecule has 8 nitrogen and oxygen atoms in total. The first kappa shape index (κ1) is 22.2. The number of anilines is 1. The Hall–Kier alpha value is -2.49. The van der Waals surface area contributed by atoms with E-state index in [9.17, 15) is 23.3 Å². The minimum absolute atomic E-state index is 0.0377. The molecule has 1 fully saturated rings. The van der Waals surface area contributed by atoms with E-state index in [0.29, 0.717) is 18.7 Å². The van der Waals surface area contributed by atoms with Gasteiger partial charge in [-0.1, -0.05) is 24.6 Å². The Morgan fingerprint density at radius 2 is 2.00 bits per heavy atom. The second kappa shape index (κ2) is 8.71. The molecule has 0 saturated carbocycles. The normalized spacial score (nSPS) is 17.5. The van der Waals surface area contributed by atoms with Gasteiger partial charge >= 0.3 is 0 Å². The summed E-state index contributed by atoms with van der Waals surface area (Å²) in [6.07, 6.45) is 1.73. The van der Waals surface area contributed by atoms with Crippen LogP contribution in [0.25, 0.3) is 0 Å². The molecule has 10 heteroatoms. The molecule has 0 radical (unpaired) electrons. The highest BCUT2D eigenvalue weighted by Crippen LogP contribution is 2.29. The Morgan fingerprint density at radius 1 is 1.27 bits per heavy atom. The van der Waals surface area contributed by atoms with Gasteiger partial charge in [-0.05, 0) is 49.9 Å². The molecule has 30 heavy (non-hydrogen) atoms. The van der Waals surface area contributed by atoms with Crippen molar-refractivity contribution in [3.63, 3.8) is 0 Å². The molecule has 0 spiro atoms. The number of hydrogen-bond donors (Lipinski definition) is 1. The fourth-order valence-corrected chi connectivity index (χ4v) is 5.53. The predicted molar refractivity (Wildman–Crippen MR) is 114 cm³/mol. The minimum atomic E-state index is -3.85. The molecule has 2 aromatic rings. The van der Waals surface area contributed by atoms with Gasteiger partial charge < -0.3 is 5.32 Å². The number of carbonyl (C=O) groups excluding carboxylic acids is 1. The quantitative estimate of drug-likeness (QED) is 0.540. The number of hydrogen-bond acceptors (Lipinski definition) is 5. The van der Waals surface area contributed by atoms with Gasteiger partial charge in [0.25, 0.3) is 11.6 Å². The molecule has 0 bridgehead atoms. The smallest absolute Gasteiger partial charge is 0.274 e. The standard InChI is InChI=1S/C20H22ClN3O5S/c1-13-4-3-9-23(12-13)30(28,29)19-10-15(6-8-17(19)21)20(25)22-16-7-5-14(2)18(11-16)24(26)27/h5-8,10-11,13H,3-4,9,12H2,1-2H3,(H,22,25). The highest BCUT2D eigenvalue weighted by molar-refractivity contribution is 7.89. The van der Waals surface area contributed by atoms with Gasteiger partial charge in [-0.25, -0.2) is 8.42 Å². The van der Waals surface area contributed by atoms with Gasteiger partial charge in [-0.15, -0.1) is 0 Å². The van der Waals surface area contributed by atoms with Crippen molar-refractivity contribution in [2.75, 3.05) is 18.4 Å². The first-order chi connectivity index (χ1) is 14.1. The lowest BCUT2D eigenvalue weighted by Gasteiger charge is -2.30. The summed E-state index contributed by atoms with van der Waals surface area (Å²) >= 11 is 6.16. The van der Waals surface area contributed by atoms with Gasteiger partial charge in [0, 0.05) is 36.0 Å². The third-order valence-corrected chi connectivity index (χ3v) is 7.44. The van der Waals surface area contributed by atoms with Gasteiger partial charge in [-0.2, -0.15) is 4.31 Å². The third kappa shape index (κ3) is 4.63. The van der Waals surface area contributed by atoms with Crippen LogP contribution in [-0.2, 0) is 10.0 Å². The number of halogens is 1. The monoisotopic (exact) mass is 451 g/mol. The zero-order valence-electron chi connectivity index (χ0n) is 16.6. The largest absolute Gasteiger partial charge is 0.322 e. The summed E-state index contributed by atoms with van der Waals surface area (Å²) in [7, 11) is -3.85. The Balaban J connectivity index is 1.88. The first-order valence-corrected chi connectivity index (χ1v) is 11.3. The van der Waals surface area contributed by atoms with Crippen LogP contribution in [0.1, 0.15) is 35.7 Å². The maximum absolute atomic E-state index is 13.1. The summed E-state index contributed by atoms with van der Waals surface area (Å²) in [4.78, 5) is 23.1. The van der Waals surface area contributed by atoms with Crippen molar-refractivity contribution >= 4 is 38.9 Å². The summed E-state index contributed by atoms with van der Waals surface area (Å²) < 4.78 is 27.6. The number of nitrogens with one attached hydrogen (secondary N) is 1. The van der Waals surface area contributed by atoms with Crippen LogP contribution in [0.5, 0.6) is 0 Å². The number of piperidine rings is 1. The van der Waals surface area contributed by atoms with Crippen molar-refractivity contribution in [1.82, 2.24) is 4.31 Å². The van der Waals surface area contributed by atoms with Crippen LogP contribution in [0.3, 0.4) is 0 Å². The molecule has 1 aliphatic rings. The lowest BCUT2D eigenvalue weighted by molar-refractivity contribution is -0.385. The number of amides is 1. The summed E-state index contributed by atoms with van der Waals surface area (Å²) in [6.45, 7) is 4.41. The molecule has 0 aromatic heterocycles. The Kier molecular flexibility index (Phi) is 6.44. The van der Waals surface area contributed by atoms with E-state index in [2.05, 4.69) is 5.32 Å². The van der Waals surface area contributed by atoms with E-state index in [-0.39, 0.29) is 32.8 Å². The van der Waals surface area contributed by atoms with Crippen LogP contribution < -0.4 is 5.32 Å². The van der Waals surface area contributed by atoms with Crippen LogP contribution in [0.15, 0.2) is 41.3 Å². The van der Waals surface area contributed by atoms with E-state index in [4.69, 9.17) is 11.6 Å². The lowest BCUT2D eigenvalue weighted by Crippen LogP contribution is -2.39. The zero-order valence-corrected chi connectivity index (χ0v) is 18.2. The SMILES string of the molecule is Cc1ccc(NC(=O)c2ccc(Cl)c(S(=O)(=O)N3CCCC(C)C3)c2)cc1[N+](=O)[O-]. The first-order valence-electron chi connectivity index (χ1n) is 9.45. The van der Waals surface area contributed by atoms with E-state index in [1.807, 2.05) is 6.92 Å². The average Bonchev–Trinajstić information content (AvgIpc) is 2.69. The van der Waals surface area contributed by atoms with Crippen LogP contribution >= 0.6 is 11.6 Å². The van der Waals surface area contributed by atoms with Gasteiger partial charge in [0.15, 0.2) is 0 Å². The fourth-order valence-electron chi connectivity index (χ4n) is 3.43. The van der Waals surface area contributed by atoms with E-state index < -0.39 is 20.9 Å². The number of nitro groups is 1. The van der Waals surface area contributed by atoms with E-state index in [1.54, 1.807) is 13.0 Å². The van der Waals surface area contributed by atoms with Crippen molar-refractivity contribution in [1.29, 1.82) is 0 Å². The fraction of sp³-hybridized carbons (Fsp3) is 0.350. The van der Waals surface area contributed by atoms with Crippen molar-refractivity contribution < 1.29 is 18.1 Å². The van der Waals surface area contributed by atoms with Crippen LogP contribution in [0.4, 0.5) is 11.4 Å². The Labute approximate surface area is 180 Å². The number of benzene rings is 2. The van der Waals surface area contributed by atoms with Gasteiger partial charge in [0.1, 0.15) is 4.90 Å².